The van der Waals surface area contributed by atoms with Crippen molar-refractivity contribution in [2.24, 2.45) is 10.9 Å². The van der Waals surface area contributed by atoms with Crippen molar-refractivity contribution in [3.8, 4) is 0 Å². The van der Waals surface area contributed by atoms with Gasteiger partial charge in [-0.2, -0.15) is 5.10 Å². The van der Waals surface area contributed by atoms with Gasteiger partial charge in [-0.1, -0.05) is 9.64 Å². The largest absolute Gasteiger partial charge is 0.409 e. The van der Waals surface area contributed by atoms with Crippen LogP contribution in [0, 0.1) is 6.92 Å². The second-order valence-electron chi connectivity index (χ2n) is 3.29. The lowest BCUT2D eigenvalue weighted by Gasteiger charge is -2.03. The van der Waals surface area contributed by atoms with Crippen molar-refractivity contribution >= 4 is 29.1 Å². The van der Waals surface area contributed by atoms with Gasteiger partial charge in [0.05, 0.1) is 17.5 Å². The number of H-pyrrole nitrogens is 1. The minimum absolute atomic E-state index is 0.154. The molecule has 0 fully saturated rings. The van der Waals surface area contributed by atoms with Crippen LogP contribution in [0.15, 0.2) is 11.4 Å². The van der Waals surface area contributed by atoms with Crippen LogP contribution in [0.3, 0.4) is 0 Å². The molecule has 0 unspecified atom stereocenters. The van der Waals surface area contributed by atoms with Gasteiger partial charge in [-0.25, -0.2) is 0 Å². The van der Waals surface area contributed by atoms with Crippen molar-refractivity contribution in [1.82, 2.24) is 19.8 Å². The smallest absolute Gasteiger partial charge is 0.270 e. The van der Waals surface area contributed by atoms with E-state index >= 15 is 0 Å². The molecule has 0 aliphatic rings. The maximum absolute atomic E-state index is 11.9. The summed E-state index contributed by atoms with van der Waals surface area (Å²) in [5.74, 6) is -0.306. The summed E-state index contributed by atoms with van der Waals surface area (Å²) in [5.41, 5.74) is 6.25. The van der Waals surface area contributed by atoms with E-state index in [2.05, 4.69) is 30.3 Å². The molecule has 0 aliphatic carbocycles. The molecule has 0 aromatic carbocycles. The number of amides is 1. The molecule has 0 aliphatic heterocycles. The van der Waals surface area contributed by atoms with Gasteiger partial charge in [0, 0.05) is 0 Å². The van der Waals surface area contributed by atoms with Crippen LogP contribution in [0.4, 0.5) is 5.82 Å². The Morgan fingerprint density at radius 2 is 2.44 bits per heavy atom. The van der Waals surface area contributed by atoms with Crippen molar-refractivity contribution in [3.63, 3.8) is 0 Å². The number of carbonyl (C=O) groups is 1. The quantitative estimate of drug-likeness (QED) is 0.265. The van der Waals surface area contributed by atoms with Gasteiger partial charge in [0.1, 0.15) is 10.7 Å². The summed E-state index contributed by atoms with van der Waals surface area (Å²) in [6.45, 7) is 1.68. The Morgan fingerprint density at radius 1 is 1.67 bits per heavy atom. The molecule has 94 valence electrons. The predicted octanol–water partition coefficient (Wildman–Crippen LogP) is -0.0836. The van der Waals surface area contributed by atoms with Gasteiger partial charge in [-0.3, -0.25) is 9.89 Å². The first-order chi connectivity index (χ1) is 8.63. The highest BCUT2D eigenvalue weighted by Gasteiger charge is 2.17. The Labute approximate surface area is 105 Å². The Hall–Kier alpha value is -2.49. The molecule has 0 saturated carbocycles. The Balaban J connectivity index is 2.23. The summed E-state index contributed by atoms with van der Waals surface area (Å²) >= 11 is 0.981. The lowest BCUT2D eigenvalue weighted by molar-refractivity contribution is 0.102. The summed E-state index contributed by atoms with van der Waals surface area (Å²) in [4.78, 5) is 12.3. The zero-order chi connectivity index (χ0) is 13.1. The van der Waals surface area contributed by atoms with Crippen LogP contribution >= 0.6 is 11.5 Å². The molecule has 9 nitrogen and oxygen atoms in total. The van der Waals surface area contributed by atoms with E-state index in [9.17, 15) is 4.79 Å². The molecule has 5 N–H and O–H groups in total. The van der Waals surface area contributed by atoms with Crippen molar-refractivity contribution in [1.29, 1.82) is 0 Å². The third-order valence-corrected chi connectivity index (χ3v) is 2.95. The maximum Gasteiger partial charge on any atom is 0.270 e. The van der Waals surface area contributed by atoms with E-state index in [-0.39, 0.29) is 11.7 Å². The Morgan fingerprint density at radius 3 is 3.06 bits per heavy atom. The zero-order valence-electron chi connectivity index (χ0n) is 9.21. The van der Waals surface area contributed by atoms with Crippen molar-refractivity contribution < 1.29 is 10.0 Å². The molecule has 2 aromatic heterocycles. The summed E-state index contributed by atoms with van der Waals surface area (Å²) in [6.07, 6.45) is 1.34. The number of nitrogens with zero attached hydrogens (tertiary/aromatic N) is 4. The third-order valence-electron chi connectivity index (χ3n) is 2.12. The second kappa shape index (κ2) is 4.79. The lowest BCUT2D eigenvalue weighted by Crippen LogP contribution is -2.18. The molecule has 10 heteroatoms. The van der Waals surface area contributed by atoms with Crippen LogP contribution in [0.5, 0.6) is 0 Å². The molecule has 0 atom stereocenters. The number of nitrogens with two attached hydrogens (primary N) is 1. The molecule has 2 rings (SSSR count). The first-order valence-electron chi connectivity index (χ1n) is 4.75. The number of aromatic amines is 1. The van der Waals surface area contributed by atoms with E-state index in [0.29, 0.717) is 16.1 Å². The number of rotatable bonds is 3. The van der Waals surface area contributed by atoms with Crippen molar-refractivity contribution in [2.75, 3.05) is 5.32 Å². The predicted molar refractivity (Wildman–Crippen MR) is 63.7 cm³/mol. The summed E-state index contributed by atoms with van der Waals surface area (Å²) < 4.78 is 3.66. The number of amidine groups is 1. The first-order valence-corrected chi connectivity index (χ1v) is 5.52. The highest BCUT2D eigenvalue weighted by Crippen LogP contribution is 2.15. The van der Waals surface area contributed by atoms with E-state index < -0.39 is 5.91 Å². The van der Waals surface area contributed by atoms with Gasteiger partial charge in [-0.05, 0) is 18.5 Å². The molecule has 0 spiro atoms. The van der Waals surface area contributed by atoms with Crippen LogP contribution in [-0.4, -0.2) is 36.7 Å². The zero-order valence-corrected chi connectivity index (χ0v) is 10.0. The molecule has 1 amide bonds. The number of hydrogen-bond donors (Lipinski definition) is 4. The molecule has 18 heavy (non-hydrogen) atoms. The second-order valence-corrected chi connectivity index (χ2v) is 4.04. The van der Waals surface area contributed by atoms with Crippen molar-refractivity contribution in [2.45, 2.75) is 6.92 Å². The Bertz CT molecular complexity index is 602. The van der Waals surface area contributed by atoms with Gasteiger partial charge < -0.3 is 16.3 Å². The van der Waals surface area contributed by atoms with E-state index in [1.165, 1.54) is 6.20 Å². The van der Waals surface area contributed by atoms with Gasteiger partial charge in [0.2, 0.25) is 0 Å². The normalized spacial score (nSPS) is 11.5. The van der Waals surface area contributed by atoms with E-state index in [0.717, 1.165) is 11.5 Å². The highest BCUT2D eigenvalue weighted by atomic mass is 32.1. The van der Waals surface area contributed by atoms with E-state index in [4.69, 9.17) is 10.9 Å². The van der Waals surface area contributed by atoms with Gasteiger partial charge in [-0.15, -0.1) is 5.10 Å². The van der Waals surface area contributed by atoms with Crippen LogP contribution in [0.1, 0.15) is 20.9 Å². The van der Waals surface area contributed by atoms with Gasteiger partial charge >= 0.3 is 0 Å². The molecular formula is C8H9N7O2S. The van der Waals surface area contributed by atoms with Gasteiger partial charge in [0.15, 0.2) is 5.84 Å². The van der Waals surface area contributed by atoms with Crippen LogP contribution < -0.4 is 11.1 Å². The van der Waals surface area contributed by atoms with Crippen molar-refractivity contribution in [3.05, 3.63) is 22.3 Å². The average Bonchev–Trinajstić information content (AvgIpc) is 2.97. The molecule has 2 aromatic rings. The number of aromatic nitrogens is 4. The van der Waals surface area contributed by atoms with Gasteiger partial charge in [0.25, 0.3) is 5.91 Å². The highest BCUT2D eigenvalue weighted by molar-refractivity contribution is 7.08. The Kier molecular flexibility index (Phi) is 3.19. The monoisotopic (exact) mass is 267 g/mol. The number of nitrogens with one attached hydrogen (secondary N) is 2. The maximum atomic E-state index is 11.9. The minimum Gasteiger partial charge on any atom is -0.409 e. The SMILES string of the molecule is Cc1nnsc1C(=O)Nc1[nH]ncc1C(N)=NO. The number of oxime groups is 1. The average molecular weight is 267 g/mol. The van der Waals surface area contributed by atoms with E-state index in [1.807, 2.05) is 0 Å². The number of aryl methyl sites for hydroxylation is 1. The minimum atomic E-state index is -0.390. The van der Waals surface area contributed by atoms with Crippen LogP contribution in [0.2, 0.25) is 0 Å². The summed E-state index contributed by atoms with van der Waals surface area (Å²) in [7, 11) is 0. The standard InChI is InChI=1S/C8H9N7O2S/c1-3-5(18-15-12-3)8(16)11-7-4(2-10-13-7)6(9)14-17/h2,17H,1H3,(H2,9,14)(H2,10,11,13,16). The summed E-state index contributed by atoms with van der Waals surface area (Å²) in [5, 5.41) is 24.0. The summed E-state index contributed by atoms with van der Waals surface area (Å²) in [6, 6.07) is 0. The molecular weight excluding hydrogens is 258 g/mol. The third kappa shape index (κ3) is 2.13. The fourth-order valence-corrected chi connectivity index (χ4v) is 1.79. The number of hydrogen-bond acceptors (Lipinski definition) is 7. The topological polar surface area (TPSA) is 142 Å². The number of carbonyl (C=O) groups excluding carboxylic acids is 1. The number of anilines is 1. The molecule has 0 bridgehead atoms. The lowest BCUT2D eigenvalue weighted by atomic mass is 10.3. The van der Waals surface area contributed by atoms with Crippen LogP contribution in [0.25, 0.3) is 0 Å². The molecule has 0 saturated heterocycles. The molecule has 0 radical (unpaired) electrons. The first kappa shape index (κ1) is 12.0. The molecule has 2 heterocycles. The van der Waals surface area contributed by atoms with Crippen LogP contribution in [-0.2, 0) is 0 Å². The fraction of sp³-hybridized carbons (Fsp3) is 0.125. The fourth-order valence-electron chi connectivity index (χ4n) is 1.24. The van der Waals surface area contributed by atoms with E-state index in [1.54, 1.807) is 6.92 Å².